The van der Waals surface area contributed by atoms with Gasteiger partial charge in [-0.05, 0) is 55.4 Å². The standard InChI is InChI=1S/C20H20F6IN3O3/c21-18(22,23)9-30-15(31)20(29-16(30)28)14-7-13(32-10-19(24,25)26)2-1-11(14)8-17(20)5-3-12(33-27)4-6-17/h1-2,7,12H,3-6,8-10H2,(H2,28,29). The highest BCUT2D eigenvalue weighted by Crippen LogP contribution is 2.62. The highest BCUT2D eigenvalue weighted by atomic mass is 127. The van der Waals surface area contributed by atoms with Crippen LogP contribution in [0.2, 0.25) is 0 Å². The van der Waals surface area contributed by atoms with Gasteiger partial charge in [0.25, 0.3) is 5.91 Å². The molecule has 13 heteroatoms. The summed E-state index contributed by atoms with van der Waals surface area (Å²) >= 11 is 1.79. The number of fused-ring (bicyclic) bond motifs is 3. The molecule has 1 aliphatic heterocycles. The summed E-state index contributed by atoms with van der Waals surface area (Å²) in [5, 5.41) is 0. The minimum atomic E-state index is -4.71. The Morgan fingerprint density at radius 1 is 1.15 bits per heavy atom. The van der Waals surface area contributed by atoms with Gasteiger partial charge >= 0.3 is 12.4 Å². The molecule has 1 aromatic carbocycles. The van der Waals surface area contributed by atoms with E-state index in [4.69, 9.17) is 13.5 Å². The van der Waals surface area contributed by atoms with Gasteiger partial charge in [-0.3, -0.25) is 9.69 Å². The van der Waals surface area contributed by atoms with E-state index in [0.717, 1.165) is 0 Å². The topological polar surface area (TPSA) is 77.2 Å². The Morgan fingerprint density at radius 2 is 1.82 bits per heavy atom. The summed E-state index contributed by atoms with van der Waals surface area (Å²) in [7, 11) is 0. The fourth-order valence-electron chi connectivity index (χ4n) is 5.28. The number of hydrogen-bond donors (Lipinski definition) is 1. The van der Waals surface area contributed by atoms with Crippen molar-refractivity contribution in [3.05, 3.63) is 29.3 Å². The number of alkyl halides is 6. The van der Waals surface area contributed by atoms with Gasteiger partial charge in [-0.15, -0.1) is 0 Å². The van der Waals surface area contributed by atoms with Crippen LogP contribution in [0.1, 0.15) is 36.8 Å². The number of rotatable bonds is 4. The second-order valence-electron chi connectivity index (χ2n) is 8.66. The molecule has 1 fully saturated rings. The predicted octanol–water partition coefficient (Wildman–Crippen LogP) is 4.39. The fraction of sp³-hybridized carbons (Fsp3) is 0.600. The van der Waals surface area contributed by atoms with E-state index in [0.29, 0.717) is 42.6 Å². The maximum Gasteiger partial charge on any atom is 0.422 e. The Morgan fingerprint density at radius 3 is 2.39 bits per heavy atom. The van der Waals surface area contributed by atoms with Gasteiger partial charge in [0, 0.05) is 5.41 Å². The molecule has 0 aromatic heterocycles. The van der Waals surface area contributed by atoms with Crippen LogP contribution < -0.4 is 10.5 Å². The van der Waals surface area contributed by atoms with Crippen molar-refractivity contribution in [3.8, 4) is 5.75 Å². The van der Waals surface area contributed by atoms with Crippen LogP contribution in [0.3, 0.4) is 0 Å². The first-order chi connectivity index (χ1) is 15.3. The molecular weight excluding hydrogens is 571 g/mol. The molecule has 0 radical (unpaired) electrons. The molecule has 1 atom stereocenters. The van der Waals surface area contributed by atoms with E-state index in [9.17, 15) is 31.1 Å². The number of carbonyl (C=O) groups is 1. The summed E-state index contributed by atoms with van der Waals surface area (Å²) in [6, 6.07) is 4.18. The molecule has 1 heterocycles. The number of guanidine groups is 1. The smallest absolute Gasteiger partial charge is 0.422 e. The predicted molar refractivity (Wildman–Crippen MR) is 113 cm³/mol. The van der Waals surface area contributed by atoms with Gasteiger partial charge in [0.05, 0.1) is 6.10 Å². The maximum atomic E-state index is 13.6. The molecule has 0 bridgehead atoms. The molecular formula is C20H20F6IN3O3. The Balaban J connectivity index is 1.79. The molecule has 3 aliphatic rings. The van der Waals surface area contributed by atoms with Crippen molar-refractivity contribution >= 4 is 34.9 Å². The molecule has 1 unspecified atom stereocenters. The zero-order chi connectivity index (χ0) is 24.2. The second kappa shape index (κ2) is 8.17. The van der Waals surface area contributed by atoms with Crippen LogP contribution in [-0.2, 0) is 19.8 Å². The summed E-state index contributed by atoms with van der Waals surface area (Å²) in [4.78, 5) is 18.4. The number of carbonyl (C=O) groups excluding carboxylic acids is 1. The lowest BCUT2D eigenvalue weighted by Gasteiger charge is -2.45. The van der Waals surface area contributed by atoms with Gasteiger partial charge in [0.1, 0.15) is 35.3 Å². The molecule has 2 spiro atoms. The first-order valence-corrected chi connectivity index (χ1v) is 11.0. The number of ether oxygens (including phenoxy) is 1. The van der Waals surface area contributed by atoms with Crippen molar-refractivity contribution in [3.63, 3.8) is 0 Å². The zero-order valence-electron chi connectivity index (χ0n) is 17.1. The van der Waals surface area contributed by atoms with Crippen LogP contribution >= 0.6 is 23.0 Å². The summed E-state index contributed by atoms with van der Waals surface area (Å²) < 4.78 is 87.7. The highest BCUT2D eigenvalue weighted by molar-refractivity contribution is 14.1. The Kier molecular flexibility index (Phi) is 6.03. The van der Waals surface area contributed by atoms with Gasteiger partial charge in [0.15, 0.2) is 18.1 Å². The summed E-state index contributed by atoms with van der Waals surface area (Å²) in [6.45, 7) is -3.14. The van der Waals surface area contributed by atoms with Gasteiger partial charge in [0.2, 0.25) is 0 Å². The van der Waals surface area contributed by atoms with Crippen molar-refractivity contribution in [2.45, 2.75) is 56.1 Å². The largest absolute Gasteiger partial charge is 0.484 e. The Labute approximate surface area is 199 Å². The number of halogens is 7. The van der Waals surface area contributed by atoms with Crippen molar-refractivity contribution in [2.24, 2.45) is 16.1 Å². The van der Waals surface area contributed by atoms with Crippen LogP contribution in [0, 0.1) is 5.41 Å². The minimum Gasteiger partial charge on any atom is -0.484 e. The number of nitrogens with two attached hydrogens (primary N) is 1. The molecule has 0 saturated heterocycles. The molecule has 33 heavy (non-hydrogen) atoms. The monoisotopic (exact) mass is 591 g/mol. The third-order valence-corrected chi connectivity index (χ3v) is 7.36. The molecule has 4 rings (SSSR count). The van der Waals surface area contributed by atoms with E-state index in [2.05, 4.69) is 4.99 Å². The molecule has 182 valence electrons. The maximum absolute atomic E-state index is 13.6. The third kappa shape index (κ3) is 4.26. The van der Waals surface area contributed by atoms with E-state index < -0.39 is 48.3 Å². The molecule has 1 aromatic rings. The number of amides is 1. The van der Waals surface area contributed by atoms with Crippen LogP contribution in [0.5, 0.6) is 5.75 Å². The van der Waals surface area contributed by atoms with E-state index in [1.54, 1.807) is 29.1 Å². The molecule has 2 N–H and O–H groups in total. The lowest BCUT2D eigenvalue weighted by atomic mass is 9.61. The minimum absolute atomic E-state index is 0.0771. The molecule has 1 saturated carbocycles. The van der Waals surface area contributed by atoms with E-state index in [-0.39, 0.29) is 17.4 Å². The average molecular weight is 591 g/mol. The normalized spacial score (nSPS) is 29.7. The summed E-state index contributed by atoms with van der Waals surface area (Å²) in [5.74, 6) is -1.63. The van der Waals surface area contributed by atoms with Crippen molar-refractivity contribution in [1.82, 2.24) is 4.90 Å². The Hall–Kier alpha value is -1.77. The van der Waals surface area contributed by atoms with Crippen LogP contribution in [0.4, 0.5) is 26.3 Å². The van der Waals surface area contributed by atoms with E-state index in [1.165, 1.54) is 12.1 Å². The first-order valence-electron chi connectivity index (χ1n) is 10.1. The number of aliphatic imine (C=N–C) groups is 1. The summed E-state index contributed by atoms with van der Waals surface area (Å²) in [6.07, 6.45) is -7.07. The number of nitrogens with zero attached hydrogens (tertiary/aromatic N) is 2. The van der Waals surface area contributed by atoms with Crippen molar-refractivity contribution in [2.75, 3.05) is 13.2 Å². The lowest BCUT2D eigenvalue weighted by molar-refractivity contribution is -0.158. The van der Waals surface area contributed by atoms with Gasteiger partial charge < -0.3 is 13.5 Å². The zero-order valence-corrected chi connectivity index (χ0v) is 19.3. The van der Waals surface area contributed by atoms with Crippen LogP contribution in [0.15, 0.2) is 23.2 Å². The Bertz CT molecular complexity index is 975. The number of benzene rings is 1. The van der Waals surface area contributed by atoms with Gasteiger partial charge in [-0.1, -0.05) is 6.07 Å². The van der Waals surface area contributed by atoms with Crippen LogP contribution in [-0.4, -0.2) is 48.4 Å². The second-order valence-corrected chi connectivity index (χ2v) is 9.16. The average Bonchev–Trinajstić information content (AvgIpc) is 3.12. The van der Waals surface area contributed by atoms with Crippen molar-refractivity contribution in [1.29, 1.82) is 0 Å². The molecule has 6 nitrogen and oxygen atoms in total. The van der Waals surface area contributed by atoms with E-state index >= 15 is 0 Å². The van der Waals surface area contributed by atoms with Crippen LogP contribution in [0.25, 0.3) is 0 Å². The van der Waals surface area contributed by atoms with E-state index in [1.807, 2.05) is 0 Å². The van der Waals surface area contributed by atoms with Gasteiger partial charge in [-0.2, -0.15) is 26.3 Å². The highest BCUT2D eigenvalue weighted by Gasteiger charge is 2.67. The molecule has 1 amide bonds. The third-order valence-electron chi connectivity index (χ3n) is 6.64. The SMILES string of the molecule is NC1=NC2(C(=O)N1CC(F)(F)F)c1cc(OCC(F)(F)F)ccc1CC21CCC(OI)CC1. The fourth-order valence-corrected chi connectivity index (χ4v) is 5.79. The van der Waals surface area contributed by atoms with Crippen molar-refractivity contribution < 1.29 is 38.9 Å². The first kappa shape index (κ1) is 24.4. The molecule has 2 aliphatic carbocycles. The summed E-state index contributed by atoms with van der Waals surface area (Å²) in [5.41, 5.74) is 4.08. The lowest BCUT2D eigenvalue weighted by Crippen LogP contribution is -2.53. The number of hydrogen-bond acceptors (Lipinski definition) is 5. The van der Waals surface area contributed by atoms with Gasteiger partial charge in [-0.25, -0.2) is 4.99 Å². The quantitative estimate of drug-likeness (QED) is 0.417.